The number of ketones is 3. The summed E-state index contributed by atoms with van der Waals surface area (Å²) in [7, 11) is 0. The monoisotopic (exact) mass is 680 g/mol. The summed E-state index contributed by atoms with van der Waals surface area (Å²) in [5, 5.41) is 28.6. The minimum Gasteiger partial charge on any atom is -0.507 e. The zero-order chi connectivity index (χ0) is 34.3. The third kappa shape index (κ3) is 15.5. The maximum atomic E-state index is 12.6. The summed E-state index contributed by atoms with van der Waals surface area (Å²) in [5.41, 5.74) is 1.31. The molecule has 3 aromatic rings. The van der Waals surface area contributed by atoms with E-state index in [0.717, 1.165) is 18.2 Å². The number of hydrogen-bond acceptors (Lipinski definition) is 6. The SMILES string of the molecule is CC(C)C(=O)/C=C(\O)c1ccc(F)cc1.CC(C)C(=O)/C=C(\O)c1ccc(F)cc1.CC(C)C(=O)/C=C(\O)c1ccc(F)cc1.[Fe+3]. The molecule has 0 saturated heterocycles. The van der Waals surface area contributed by atoms with E-state index >= 15 is 0 Å². The van der Waals surface area contributed by atoms with Crippen LogP contribution >= 0.6 is 0 Å². The van der Waals surface area contributed by atoms with Crippen LogP contribution in [-0.2, 0) is 31.5 Å². The average Bonchev–Trinajstić information content (AvgIpc) is 2.98. The summed E-state index contributed by atoms with van der Waals surface area (Å²) in [6, 6.07) is 16.0. The van der Waals surface area contributed by atoms with Gasteiger partial charge in [-0.3, -0.25) is 14.4 Å². The first kappa shape index (κ1) is 41.6. The van der Waals surface area contributed by atoms with Crippen LogP contribution in [0.4, 0.5) is 13.2 Å². The van der Waals surface area contributed by atoms with E-state index in [1.165, 1.54) is 72.8 Å². The molecule has 0 aliphatic carbocycles. The van der Waals surface area contributed by atoms with Gasteiger partial charge in [0.1, 0.15) is 34.7 Å². The van der Waals surface area contributed by atoms with Crippen LogP contribution in [0.15, 0.2) is 91.0 Å². The number of halogens is 3. The van der Waals surface area contributed by atoms with E-state index in [1.807, 2.05) is 0 Å². The second kappa shape index (κ2) is 20.6. The van der Waals surface area contributed by atoms with E-state index in [4.69, 9.17) is 0 Å². The number of aliphatic hydroxyl groups is 3. The number of carbonyl (C=O) groups excluding carboxylic acids is 3. The Kier molecular flexibility index (Phi) is 18.6. The molecule has 0 fully saturated rings. The molecule has 0 atom stereocenters. The van der Waals surface area contributed by atoms with Crippen molar-refractivity contribution < 1.29 is 59.9 Å². The molecule has 0 bridgehead atoms. The van der Waals surface area contributed by atoms with Crippen molar-refractivity contribution in [3.63, 3.8) is 0 Å². The summed E-state index contributed by atoms with van der Waals surface area (Å²) >= 11 is 0. The van der Waals surface area contributed by atoms with Crippen LogP contribution in [0.25, 0.3) is 17.3 Å². The predicted octanol–water partition coefficient (Wildman–Crippen LogP) is 8.85. The maximum absolute atomic E-state index is 12.6. The predicted molar refractivity (Wildman–Crippen MR) is 171 cm³/mol. The fourth-order valence-electron chi connectivity index (χ4n) is 3.02. The van der Waals surface area contributed by atoms with E-state index in [9.17, 15) is 42.9 Å². The maximum Gasteiger partial charge on any atom is 3.00 e. The number of benzene rings is 3. The number of hydrogen-bond donors (Lipinski definition) is 3. The molecule has 6 nitrogen and oxygen atoms in total. The molecule has 0 aromatic heterocycles. The third-order valence-electron chi connectivity index (χ3n) is 5.96. The Balaban J connectivity index is 0.000000653. The minimum atomic E-state index is -0.373. The number of rotatable bonds is 9. The van der Waals surface area contributed by atoms with Crippen LogP contribution in [0.3, 0.4) is 0 Å². The minimum absolute atomic E-state index is 0. The smallest absolute Gasteiger partial charge is 0.507 e. The molecule has 0 aliphatic heterocycles. The zero-order valence-corrected chi connectivity index (χ0v) is 27.6. The first-order chi connectivity index (χ1) is 21.0. The van der Waals surface area contributed by atoms with Gasteiger partial charge in [0.2, 0.25) is 0 Å². The molecule has 1 radical (unpaired) electrons. The van der Waals surface area contributed by atoms with Gasteiger partial charge >= 0.3 is 17.1 Å². The summed E-state index contributed by atoms with van der Waals surface area (Å²) in [6.45, 7) is 10.5. The van der Waals surface area contributed by atoms with Gasteiger partial charge in [0.25, 0.3) is 0 Å². The first-order valence-corrected chi connectivity index (χ1v) is 14.1. The van der Waals surface area contributed by atoms with Crippen molar-refractivity contribution in [3.05, 3.63) is 125 Å². The van der Waals surface area contributed by atoms with Gasteiger partial charge in [-0.1, -0.05) is 41.5 Å². The van der Waals surface area contributed by atoms with Gasteiger partial charge in [-0.2, -0.15) is 0 Å². The van der Waals surface area contributed by atoms with Crippen molar-refractivity contribution in [1.82, 2.24) is 0 Å². The van der Waals surface area contributed by atoms with E-state index in [0.29, 0.717) is 16.7 Å². The van der Waals surface area contributed by atoms with Crippen molar-refractivity contribution in [1.29, 1.82) is 0 Å². The van der Waals surface area contributed by atoms with Crippen molar-refractivity contribution in [2.45, 2.75) is 41.5 Å². The van der Waals surface area contributed by atoms with E-state index in [-0.39, 0.29) is 86.9 Å². The largest absolute Gasteiger partial charge is 3.00 e. The number of aliphatic hydroxyl groups excluding tert-OH is 3. The summed E-state index contributed by atoms with van der Waals surface area (Å²) < 4.78 is 37.7. The van der Waals surface area contributed by atoms with Crippen molar-refractivity contribution in [2.75, 3.05) is 0 Å². The normalized spacial score (nSPS) is 11.6. The second-order valence-electron chi connectivity index (χ2n) is 10.8. The molecule has 3 aromatic carbocycles. The molecule has 0 heterocycles. The van der Waals surface area contributed by atoms with Gasteiger partial charge in [0.15, 0.2) is 17.3 Å². The molecular weight excluding hydrogens is 641 g/mol. The van der Waals surface area contributed by atoms with E-state index in [1.54, 1.807) is 41.5 Å². The first-order valence-electron chi connectivity index (χ1n) is 14.1. The van der Waals surface area contributed by atoms with Crippen molar-refractivity contribution >= 4 is 34.6 Å². The van der Waals surface area contributed by atoms with Crippen LogP contribution in [0.5, 0.6) is 0 Å². The third-order valence-corrected chi connectivity index (χ3v) is 5.96. The molecule has 0 amide bonds. The Morgan fingerprint density at radius 3 is 0.783 bits per heavy atom. The van der Waals surface area contributed by atoms with Crippen molar-refractivity contribution in [2.24, 2.45) is 17.8 Å². The second-order valence-corrected chi connectivity index (χ2v) is 10.8. The standard InChI is InChI=1S/3C12H13FO2.Fe/c3*1-8(2)11(14)7-12(15)9-3-5-10(13)6-4-9;/h3*3-8,15H,1-2H3;/q;;;+3/b3*12-7-;. The van der Waals surface area contributed by atoms with Gasteiger partial charge < -0.3 is 15.3 Å². The molecule has 0 aliphatic rings. The average molecular weight is 681 g/mol. The van der Waals surface area contributed by atoms with Crippen LogP contribution in [0.1, 0.15) is 58.2 Å². The van der Waals surface area contributed by atoms with Crippen LogP contribution < -0.4 is 0 Å². The zero-order valence-electron chi connectivity index (χ0n) is 26.4. The molecule has 46 heavy (non-hydrogen) atoms. The Hall–Kier alpha value is -4.40. The van der Waals surface area contributed by atoms with Gasteiger partial charge in [0.05, 0.1) is 0 Å². The van der Waals surface area contributed by atoms with E-state index in [2.05, 4.69) is 0 Å². The molecule has 245 valence electrons. The molecule has 0 spiro atoms. The van der Waals surface area contributed by atoms with Gasteiger partial charge in [-0.15, -0.1) is 0 Å². The Morgan fingerprint density at radius 1 is 0.457 bits per heavy atom. The number of carbonyl (C=O) groups is 3. The van der Waals surface area contributed by atoms with Crippen LogP contribution in [-0.4, -0.2) is 32.7 Å². The van der Waals surface area contributed by atoms with Crippen LogP contribution in [0, 0.1) is 35.2 Å². The molecule has 0 saturated carbocycles. The fourth-order valence-corrected chi connectivity index (χ4v) is 3.02. The fraction of sp³-hybridized carbons (Fsp3) is 0.250. The Bertz CT molecular complexity index is 1320. The van der Waals surface area contributed by atoms with Gasteiger partial charge in [-0.25, -0.2) is 13.2 Å². The molecule has 10 heteroatoms. The quantitative estimate of drug-likeness (QED) is 0.118. The molecule has 0 unspecified atom stereocenters. The number of allylic oxidation sites excluding steroid dienone is 3. The molecular formula is C36H39F3FeO6+3. The topological polar surface area (TPSA) is 112 Å². The summed E-state index contributed by atoms with van der Waals surface area (Å²) in [6.07, 6.45) is 3.49. The Morgan fingerprint density at radius 2 is 0.630 bits per heavy atom. The van der Waals surface area contributed by atoms with Crippen LogP contribution in [0.2, 0.25) is 0 Å². The molecule has 3 rings (SSSR count). The van der Waals surface area contributed by atoms with Gasteiger partial charge in [-0.05, 0) is 72.8 Å². The Labute approximate surface area is 278 Å². The summed E-state index contributed by atoms with van der Waals surface area (Å²) in [4.78, 5) is 33.8. The van der Waals surface area contributed by atoms with Gasteiger partial charge in [0, 0.05) is 52.7 Å². The van der Waals surface area contributed by atoms with Crippen molar-refractivity contribution in [3.8, 4) is 0 Å². The van der Waals surface area contributed by atoms with E-state index < -0.39 is 0 Å². The molecule has 3 N–H and O–H groups in total. The summed E-state index contributed by atoms with van der Waals surface area (Å²) in [5.74, 6) is -2.46.